The molecule has 110 valence electrons. The van der Waals surface area contributed by atoms with Crippen LogP contribution in [0.25, 0.3) is 0 Å². The van der Waals surface area contributed by atoms with Gasteiger partial charge >= 0.3 is 6.09 Å². The molecule has 1 amide bonds. The van der Waals surface area contributed by atoms with E-state index in [1.165, 1.54) is 12.0 Å². The van der Waals surface area contributed by atoms with Crippen LogP contribution >= 0.6 is 0 Å². The molecule has 0 aliphatic carbocycles. The molecule has 0 bridgehead atoms. The van der Waals surface area contributed by atoms with Crippen LogP contribution in [0.1, 0.15) is 17.0 Å². The van der Waals surface area contributed by atoms with Crippen molar-refractivity contribution in [2.75, 3.05) is 12.0 Å². The van der Waals surface area contributed by atoms with Crippen molar-refractivity contribution in [1.29, 1.82) is 0 Å². The number of amides is 1. The largest absolute Gasteiger partial charge is 0.452 e. The second kappa shape index (κ2) is 5.85. The molecule has 0 aromatic heterocycles. The third-order valence-electron chi connectivity index (χ3n) is 3.76. The first-order chi connectivity index (χ1) is 10.8. The molecule has 0 N–H and O–H groups in total. The predicted octanol–water partition coefficient (Wildman–Crippen LogP) is 3.49. The lowest BCUT2D eigenvalue weighted by Gasteiger charge is -2.31. The molecule has 1 aliphatic rings. The van der Waals surface area contributed by atoms with Gasteiger partial charge in [-0.3, -0.25) is 9.69 Å². The second-order valence-electron chi connectivity index (χ2n) is 4.99. The number of benzene rings is 2. The number of para-hydroxylation sites is 1. The summed E-state index contributed by atoms with van der Waals surface area (Å²) in [7, 11) is 1.32. The minimum Gasteiger partial charge on any atom is -0.452 e. The van der Waals surface area contributed by atoms with E-state index in [1.54, 1.807) is 6.20 Å². The molecule has 22 heavy (non-hydrogen) atoms. The number of aldehydes is 1. The molecule has 0 fully saturated rings. The number of fused-ring (bicyclic) bond motifs is 1. The van der Waals surface area contributed by atoms with E-state index < -0.39 is 6.09 Å². The molecular formula is C18H15NO3. The number of ether oxygens (including phenoxy) is 1. The van der Waals surface area contributed by atoms with Crippen LogP contribution in [0.4, 0.5) is 10.5 Å². The lowest BCUT2D eigenvalue weighted by atomic mass is 9.82. The van der Waals surface area contributed by atoms with E-state index in [0.717, 1.165) is 23.1 Å². The van der Waals surface area contributed by atoms with E-state index >= 15 is 0 Å². The van der Waals surface area contributed by atoms with E-state index in [9.17, 15) is 9.59 Å². The molecule has 1 heterocycles. The average molecular weight is 293 g/mol. The third-order valence-corrected chi connectivity index (χ3v) is 3.76. The van der Waals surface area contributed by atoms with Crippen LogP contribution in [0.15, 0.2) is 66.4 Å². The highest BCUT2D eigenvalue weighted by molar-refractivity contribution is 5.95. The number of hydrogen-bond donors (Lipinski definition) is 0. The van der Waals surface area contributed by atoms with Gasteiger partial charge in [0.15, 0.2) is 0 Å². The van der Waals surface area contributed by atoms with Gasteiger partial charge in [0.25, 0.3) is 0 Å². The Morgan fingerprint density at radius 1 is 1.09 bits per heavy atom. The molecule has 0 saturated carbocycles. The van der Waals surface area contributed by atoms with Gasteiger partial charge in [0.2, 0.25) is 0 Å². The Balaban J connectivity index is 2.19. The van der Waals surface area contributed by atoms with Crippen molar-refractivity contribution in [2.45, 2.75) is 5.92 Å². The molecule has 0 unspecified atom stereocenters. The van der Waals surface area contributed by atoms with Gasteiger partial charge in [0.05, 0.1) is 12.8 Å². The molecule has 4 heteroatoms. The Morgan fingerprint density at radius 3 is 2.45 bits per heavy atom. The maximum Gasteiger partial charge on any atom is 0.418 e. The fourth-order valence-electron chi connectivity index (χ4n) is 2.79. The lowest BCUT2D eigenvalue weighted by molar-refractivity contribution is -0.105. The summed E-state index contributed by atoms with van der Waals surface area (Å²) in [4.78, 5) is 24.9. The van der Waals surface area contributed by atoms with E-state index in [4.69, 9.17) is 4.74 Å². The first-order valence-corrected chi connectivity index (χ1v) is 6.94. The maximum atomic E-state index is 12.0. The molecule has 2 aromatic rings. The standard InChI is InChI=1S/C18H15NO3/c1-22-18(21)19-11-14(12-20)17(13-7-3-2-4-8-13)15-9-5-6-10-16(15)19/h2-12,17H,1H3/t17-/m0/s1. The molecule has 0 spiro atoms. The molecule has 1 atom stereocenters. The predicted molar refractivity (Wildman–Crippen MR) is 83.8 cm³/mol. The first-order valence-electron chi connectivity index (χ1n) is 6.94. The van der Waals surface area contributed by atoms with Crippen molar-refractivity contribution in [3.8, 4) is 0 Å². The van der Waals surface area contributed by atoms with Gasteiger partial charge in [0, 0.05) is 17.7 Å². The van der Waals surface area contributed by atoms with Crippen molar-refractivity contribution < 1.29 is 14.3 Å². The van der Waals surface area contributed by atoms with Crippen molar-refractivity contribution in [3.05, 3.63) is 77.5 Å². The van der Waals surface area contributed by atoms with Crippen LogP contribution in [0.2, 0.25) is 0 Å². The summed E-state index contributed by atoms with van der Waals surface area (Å²) in [5.41, 5.74) is 3.17. The van der Waals surface area contributed by atoms with Crippen LogP contribution < -0.4 is 4.90 Å². The summed E-state index contributed by atoms with van der Waals surface area (Å²) in [6.07, 6.45) is 1.83. The second-order valence-corrected chi connectivity index (χ2v) is 4.99. The summed E-state index contributed by atoms with van der Waals surface area (Å²) < 4.78 is 4.81. The zero-order valence-electron chi connectivity index (χ0n) is 12.1. The van der Waals surface area contributed by atoms with E-state index in [0.29, 0.717) is 5.57 Å². The zero-order valence-corrected chi connectivity index (χ0v) is 12.1. The quantitative estimate of drug-likeness (QED) is 0.796. The molecule has 4 nitrogen and oxygen atoms in total. The van der Waals surface area contributed by atoms with Gasteiger partial charge in [-0.15, -0.1) is 0 Å². The van der Waals surface area contributed by atoms with Crippen LogP contribution in [-0.2, 0) is 9.53 Å². The fourth-order valence-corrected chi connectivity index (χ4v) is 2.79. The molecule has 3 rings (SSSR count). The summed E-state index contributed by atoms with van der Waals surface area (Å²) in [5, 5.41) is 0. The Morgan fingerprint density at radius 2 is 1.77 bits per heavy atom. The number of rotatable bonds is 2. The van der Waals surface area contributed by atoms with Crippen LogP contribution in [-0.4, -0.2) is 19.5 Å². The SMILES string of the molecule is COC(=O)N1C=C(C=O)[C@H](c2ccccc2)c2ccccc21. The van der Waals surface area contributed by atoms with Crippen LogP contribution in [0.5, 0.6) is 0 Å². The lowest BCUT2D eigenvalue weighted by Crippen LogP contribution is -2.31. The third kappa shape index (κ3) is 2.29. The van der Waals surface area contributed by atoms with Gasteiger partial charge in [-0.2, -0.15) is 0 Å². The van der Waals surface area contributed by atoms with Crippen molar-refractivity contribution in [2.24, 2.45) is 0 Å². The van der Waals surface area contributed by atoms with E-state index in [1.807, 2.05) is 54.6 Å². The maximum absolute atomic E-state index is 12.0. The summed E-state index contributed by atoms with van der Waals surface area (Å²) in [6, 6.07) is 17.3. The average Bonchev–Trinajstić information content (AvgIpc) is 2.60. The zero-order chi connectivity index (χ0) is 15.5. The smallest absolute Gasteiger partial charge is 0.418 e. The van der Waals surface area contributed by atoms with E-state index in [2.05, 4.69) is 0 Å². The number of carbonyl (C=O) groups excluding carboxylic acids is 2. The highest BCUT2D eigenvalue weighted by Crippen LogP contribution is 2.41. The van der Waals surface area contributed by atoms with Gasteiger partial charge in [-0.25, -0.2) is 4.79 Å². The van der Waals surface area contributed by atoms with Crippen molar-refractivity contribution >= 4 is 18.1 Å². The number of nitrogens with zero attached hydrogens (tertiary/aromatic N) is 1. The summed E-state index contributed by atoms with van der Waals surface area (Å²) in [5.74, 6) is -0.184. The Kier molecular flexibility index (Phi) is 3.74. The van der Waals surface area contributed by atoms with Crippen LogP contribution in [0, 0.1) is 0 Å². The molecule has 0 saturated heterocycles. The van der Waals surface area contributed by atoms with Crippen molar-refractivity contribution in [3.63, 3.8) is 0 Å². The topological polar surface area (TPSA) is 46.6 Å². The van der Waals surface area contributed by atoms with Gasteiger partial charge in [-0.05, 0) is 17.2 Å². The number of carbonyl (C=O) groups is 2. The molecule has 0 radical (unpaired) electrons. The van der Waals surface area contributed by atoms with Gasteiger partial charge < -0.3 is 4.74 Å². The Labute approximate surface area is 128 Å². The molecule has 2 aromatic carbocycles. The van der Waals surface area contributed by atoms with Gasteiger partial charge in [-0.1, -0.05) is 48.5 Å². The highest BCUT2D eigenvalue weighted by atomic mass is 16.5. The Hall–Kier alpha value is -2.88. The highest BCUT2D eigenvalue weighted by Gasteiger charge is 2.31. The molecular weight excluding hydrogens is 278 g/mol. The first kappa shape index (κ1) is 14.1. The molecule has 1 aliphatic heterocycles. The van der Waals surface area contributed by atoms with Crippen LogP contribution in [0.3, 0.4) is 0 Å². The number of anilines is 1. The number of methoxy groups -OCH3 is 1. The number of allylic oxidation sites excluding steroid dienone is 1. The van der Waals surface area contributed by atoms with Gasteiger partial charge in [0.1, 0.15) is 6.29 Å². The minimum atomic E-state index is -0.515. The summed E-state index contributed by atoms with van der Waals surface area (Å²) >= 11 is 0. The van der Waals surface area contributed by atoms with Crippen molar-refractivity contribution in [1.82, 2.24) is 0 Å². The normalized spacial score (nSPS) is 16.5. The Bertz CT molecular complexity index is 737. The van der Waals surface area contributed by atoms with E-state index in [-0.39, 0.29) is 5.92 Å². The summed E-state index contributed by atoms with van der Waals surface area (Å²) in [6.45, 7) is 0. The number of hydrogen-bond acceptors (Lipinski definition) is 3. The fraction of sp³-hybridized carbons (Fsp3) is 0.111. The monoisotopic (exact) mass is 293 g/mol. The minimum absolute atomic E-state index is 0.184.